The molecule has 3 rings (SSSR count). The van der Waals surface area contributed by atoms with Crippen LogP contribution >= 0.6 is 0 Å². The summed E-state index contributed by atoms with van der Waals surface area (Å²) >= 11 is 0. The van der Waals surface area contributed by atoms with Crippen molar-refractivity contribution in [3.8, 4) is 0 Å². The van der Waals surface area contributed by atoms with Crippen molar-refractivity contribution in [3.63, 3.8) is 0 Å². The van der Waals surface area contributed by atoms with Gasteiger partial charge in [0.1, 0.15) is 0 Å². The molecule has 6 unspecified atom stereocenters. The predicted octanol–water partition coefficient (Wildman–Crippen LogP) is 4.31. The molecule has 3 aliphatic rings. The Labute approximate surface area is 136 Å². The summed E-state index contributed by atoms with van der Waals surface area (Å²) in [5.41, 5.74) is -0.397. The van der Waals surface area contributed by atoms with Crippen LogP contribution in [0.2, 0.25) is 0 Å². The molecular formula is C20H34O2. The average Bonchev–Trinajstić information content (AvgIpc) is 2.49. The van der Waals surface area contributed by atoms with Gasteiger partial charge in [0.15, 0.2) is 0 Å². The Morgan fingerprint density at radius 1 is 1.09 bits per heavy atom. The fourth-order valence-electron chi connectivity index (χ4n) is 6.51. The van der Waals surface area contributed by atoms with Crippen molar-refractivity contribution in [2.24, 2.45) is 28.1 Å². The lowest BCUT2D eigenvalue weighted by Gasteiger charge is -2.66. The minimum Gasteiger partial charge on any atom is -0.396 e. The van der Waals surface area contributed by atoms with Crippen molar-refractivity contribution in [3.05, 3.63) is 12.7 Å². The lowest BCUT2D eigenvalue weighted by atomic mass is 9.41. The van der Waals surface area contributed by atoms with Crippen LogP contribution in [0.4, 0.5) is 0 Å². The molecule has 3 fully saturated rings. The zero-order valence-corrected chi connectivity index (χ0v) is 14.7. The van der Waals surface area contributed by atoms with Gasteiger partial charge in [0.05, 0.1) is 5.60 Å². The van der Waals surface area contributed by atoms with Gasteiger partial charge in [-0.3, -0.25) is 0 Å². The Morgan fingerprint density at radius 3 is 2.45 bits per heavy atom. The van der Waals surface area contributed by atoms with E-state index >= 15 is 0 Å². The van der Waals surface area contributed by atoms with Crippen LogP contribution < -0.4 is 0 Å². The lowest BCUT2D eigenvalue weighted by molar-refractivity contribution is -0.239. The molecule has 0 spiro atoms. The third-order valence-corrected chi connectivity index (χ3v) is 8.17. The number of aliphatic hydroxyl groups excluding tert-OH is 1. The summed E-state index contributed by atoms with van der Waals surface area (Å²) in [6.07, 6.45) is 10.8. The molecule has 2 heteroatoms. The number of hydrogen-bond acceptors (Lipinski definition) is 2. The first kappa shape index (κ1) is 16.5. The van der Waals surface area contributed by atoms with Crippen LogP contribution in [0.25, 0.3) is 0 Å². The highest BCUT2D eigenvalue weighted by Crippen LogP contribution is 2.66. The zero-order valence-electron chi connectivity index (χ0n) is 14.7. The quantitative estimate of drug-likeness (QED) is 0.746. The van der Waals surface area contributed by atoms with Gasteiger partial charge in [0.2, 0.25) is 0 Å². The average molecular weight is 306 g/mol. The van der Waals surface area contributed by atoms with E-state index in [0.29, 0.717) is 11.8 Å². The smallest absolute Gasteiger partial charge is 0.0732 e. The Kier molecular flexibility index (Phi) is 3.81. The SMILES string of the molecule is C=CC1(C)CCC2(O)C(CCC3C(C)(CO)CCCC32C)C1. The van der Waals surface area contributed by atoms with Crippen LogP contribution in [0.15, 0.2) is 12.7 Å². The third kappa shape index (κ3) is 2.06. The van der Waals surface area contributed by atoms with Gasteiger partial charge >= 0.3 is 0 Å². The monoisotopic (exact) mass is 306 g/mol. The molecule has 6 atom stereocenters. The van der Waals surface area contributed by atoms with Crippen LogP contribution in [-0.4, -0.2) is 22.4 Å². The van der Waals surface area contributed by atoms with Crippen LogP contribution in [-0.2, 0) is 0 Å². The zero-order chi connectivity index (χ0) is 16.2. The van der Waals surface area contributed by atoms with E-state index in [4.69, 9.17) is 0 Å². The number of rotatable bonds is 2. The molecular weight excluding hydrogens is 272 g/mol. The van der Waals surface area contributed by atoms with Crippen molar-refractivity contribution in [1.82, 2.24) is 0 Å². The second-order valence-corrected chi connectivity index (χ2v) is 9.40. The molecule has 0 radical (unpaired) electrons. The normalized spacial score (nSPS) is 55.1. The molecule has 0 heterocycles. The molecule has 0 bridgehead atoms. The Morgan fingerprint density at radius 2 is 1.82 bits per heavy atom. The number of allylic oxidation sites excluding steroid dienone is 1. The standard InChI is InChI=1S/C20H34O2/c1-5-17(2)11-12-20(22)15(13-17)7-8-16-18(3,14-21)9-6-10-19(16,20)4/h5,15-16,21-22H,1,6-14H2,2-4H3. The number of fused-ring (bicyclic) bond motifs is 3. The van der Waals surface area contributed by atoms with Gasteiger partial charge in [-0.15, -0.1) is 6.58 Å². The van der Waals surface area contributed by atoms with E-state index in [1.807, 2.05) is 0 Å². The van der Waals surface area contributed by atoms with Crippen LogP contribution in [0.5, 0.6) is 0 Å². The summed E-state index contributed by atoms with van der Waals surface area (Å²) in [7, 11) is 0. The van der Waals surface area contributed by atoms with Crippen LogP contribution in [0, 0.1) is 28.1 Å². The molecule has 126 valence electrons. The maximum atomic E-state index is 11.8. The summed E-state index contributed by atoms with van der Waals surface area (Å²) in [4.78, 5) is 0. The van der Waals surface area contributed by atoms with Gasteiger partial charge in [-0.05, 0) is 73.0 Å². The fourth-order valence-corrected chi connectivity index (χ4v) is 6.51. The molecule has 0 aliphatic heterocycles. The topological polar surface area (TPSA) is 40.5 Å². The molecule has 3 saturated carbocycles. The van der Waals surface area contributed by atoms with Crippen molar-refractivity contribution in [2.75, 3.05) is 6.61 Å². The van der Waals surface area contributed by atoms with Crippen molar-refractivity contribution in [1.29, 1.82) is 0 Å². The van der Waals surface area contributed by atoms with E-state index in [0.717, 1.165) is 51.4 Å². The highest BCUT2D eigenvalue weighted by molar-refractivity contribution is 5.16. The maximum absolute atomic E-state index is 11.8. The molecule has 2 nitrogen and oxygen atoms in total. The molecule has 3 aliphatic carbocycles. The first-order valence-electron chi connectivity index (χ1n) is 9.20. The molecule has 0 amide bonds. The van der Waals surface area contributed by atoms with Gasteiger partial charge in [-0.1, -0.05) is 33.3 Å². The first-order valence-corrected chi connectivity index (χ1v) is 9.20. The van der Waals surface area contributed by atoms with Gasteiger partial charge < -0.3 is 10.2 Å². The number of aliphatic hydroxyl groups is 2. The van der Waals surface area contributed by atoms with Gasteiger partial charge in [-0.2, -0.15) is 0 Å². The minimum atomic E-state index is -0.546. The Bertz CT molecular complexity index is 461. The second kappa shape index (κ2) is 5.08. The van der Waals surface area contributed by atoms with E-state index in [2.05, 4.69) is 33.4 Å². The summed E-state index contributed by atoms with van der Waals surface area (Å²) in [5, 5.41) is 21.8. The summed E-state index contributed by atoms with van der Waals surface area (Å²) < 4.78 is 0. The molecule has 22 heavy (non-hydrogen) atoms. The Hall–Kier alpha value is -0.340. The fraction of sp³-hybridized carbons (Fsp3) is 0.900. The highest BCUT2D eigenvalue weighted by atomic mass is 16.3. The van der Waals surface area contributed by atoms with Crippen molar-refractivity contribution >= 4 is 0 Å². The predicted molar refractivity (Wildman–Crippen MR) is 90.5 cm³/mol. The van der Waals surface area contributed by atoms with Gasteiger partial charge in [0, 0.05) is 6.61 Å². The van der Waals surface area contributed by atoms with E-state index in [9.17, 15) is 10.2 Å². The van der Waals surface area contributed by atoms with Crippen molar-refractivity contribution < 1.29 is 10.2 Å². The molecule has 0 aromatic carbocycles. The van der Waals surface area contributed by atoms with Crippen LogP contribution in [0.1, 0.15) is 72.1 Å². The van der Waals surface area contributed by atoms with E-state index in [1.54, 1.807) is 0 Å². The van der Waals surface area contributed by atoms with Crippen molar-refractivity contribution in [2.45, 2.75) is 77.7 Å². The largest absolute Gasteiger partial charge is 0.396 e. The molecule has 0 saturated heterocycles. The second-order valence-electron chi connectivity index (χ2n) is 9.40. The van der Waals surface area contributed by atoms with Gasteiger partial charge in [-0.25, -0.2) is 0 Å². The molecule has 2 N–H and O–H groups in total. The first-order chi connectivity index (χ1) is 10.2. The molecule has 0 aromatic heterocycles. The van der Waals surface area contributed by atoms with E-state index < -0.39 is 5.60 Å². The van der Waals surface area contributed by atoms with Crippen LogP contribution in [0.3, 0.4) is 0 Å². The van der Waals surface area contributed by atoms with E-state index in [1.165, 1.54) is 0 Å². The Balaban J connectivity index is 1.96. The summed E-state index contributed by atoms with van der Waals surface area (Å²) in [6, 6.07) is 0. The molecule has 0 aromatic rings. The highest BCUT2D eigenvalue weighted by Gasteiger charge is 2.64. The maximum Gasteiger partial charge on any atom is 0.0732 e. The lowest BCUT2D eigenvalue weighted by Crippen LogP contribution is -2.65. The van der Waals surface area contributed by atoms with Gasteiger partial charge in [0.25, 0.3) is 0 Å². The summed E-state index contributed by atoms with van der Waals surface area (Å²) in [5.74, 6) is 0.847. The number of hydrogen-bond donors (Lipinski definition) is 2. The minimum absolute atomic E-state index is 0.00706. The third-order valence-electron chi connectivity index (χ3n) is 8.17. The summed E-state index contributed by atoms with van der Waals surface area (Å²) in [6.45, 7) is 11.2. The van der Waals surface area contributed by atoms with E-state index in [-0.39, 0.29) is 22.9 Å².